The van der Waals surface area contributed by atoms with E-state index in [1.807, 2.05) is 6.07 Å². The highest BCUT2D eigenvalue weighted by Gasteiger charge is 2.27. The van der Waals surface area contributed by atoms with Gasteiger partial charge < -0.3 is 16.2 Å². The molecule has 2 aromatic rings. The number of esters is 1. The van der Waals surface area contributed by atoms with Gasteiger partial charge in [-0.25, -0.2) is 9.78 Å². The molecule has 1 fully saturated rings. The second kappa shape index (κ2) is 5.42. The third-order valence-corrected chi connectivity index (χ3v) is 4.49. The van der Waals surface area contributed by atoms with Crippen molar-refractivity contribution in [1.29, 1.82) is 0 Å². The lowest BCUT2D eigenvalue weighted by Crippen LogP contribution is -2.13. The summed E-state index contributed by atoms with van der Waals surface area (Å²) in [5, 5.41) is 0.233. The Bertz CT molecular complexity index is 765. The summed E-state index contributed by atoms with van der Waals surface area (Å²) in [4.78, 5) is 28.1. The van der Waals surface area contributed by atoms with E-state index in [4.69, 9.17) is 16.2 Å². The van der Waals surface area contributed by atoms with Crippen molar-refractivity contribution in [3.8, 4) is 11.3 Å². The molecule has 0 unspecified atom stereocenters. The molecule has 22 heavy (non-hydrogen) atoms. The van der Waals surface area contributed by atoms with E-state index in [9.17, 15) is 9.59 Å². The molecule has 3 rings (SSSR count). The Morgan fingerprint density at radius 3 is 2.68 bits per heavy atom. The number of nitrogens with two attached hydrogens (primary N) is 2. The largest absolute Gasteiger partial charge is 0.465 e. The van der Waals surface area contributed by atoms with Crippen molar-refractivity contribution >= 4 is 28.3 Å². The SMILES string of the molecule is COC(=O)c1sc(N)nc1-c1ccc(C2CC2)cc1C(N)=O. The van der Waals surface area contributed by atoms with Crippen LogP contribution in [-0.4, -0.2) is 24.0 Å². The Labute approximate surface area is 131 Å². The first kappa shape index (κ1) is 14.5. The summed E-state index contributed by atoms with van der Waals surface area (Å²) in [7, 11) is 1.28. The van der Waals surface area contributed by atoms with Crippen molar-refractivity contribution in [2.75, 3.05) is 12.8 Å². The van der Waals surface area contributed by atoms with Crippen LogP contribution in [0.3, 0.4) is 0 Å². The van der Waals surface area contributed by atoms with Crippen LogP contribution in [0.1, 0.15) is 44.4 Å². The molecule has 0 saturated heterocycles. The van der Waals surface area contributed by atoms with Crippen molar-refractivity contribution in [1.82, 2.24) is 4.98 Å². The first-order valence-corrected chi connectivity index (χ1v) is 7.61. The van der Waals surface area contributed by atoms with E-state index >= 15 is 0 Å². The Morgan fingerprint density at radius 1 is 1.36 bits per heavy atom. The molecular formula is C15H15N3O3S. The number of thiazole rings is 1. The summed E-state index contributed by atoms with van der Waals surface area (Å²) in [6, 6.07) is 5.50. The summed E-state index contributed by atoms with van der Waals surface area (Å²) in [6.45, 7) is 0. The highest BCUT2D eigenvalue weighted by Crippen LogP contribution is 2.42. The normalized spacial score (nSPS) is 13.9. The second-order valence-electron chi connectivity index (χ2n) is 5.16. The minimum Gasteiger partial charge on any atom is -0.465 e. The summed E-state index contributed by atoms with van der Waals surface area (Å²) >= 11 is 1.03. The number of hydrogen-bond donors (Lipinski definition) is 2. The minimum absolute atomic E-state index is 0.233. The van der Waals surface area contributed by atoms with E-state index in [0.29, 0.717) is 22.7 Å². The summed E-state index contributed by atoms with van der Waals surface area (Å²) in [5.74, 6) is -0.599. The van der Waals surface area contributed by atoms with Gasteiger partial charge in [0.15, 0.2) is 5.13 Å². The van der Waals surface area contributed by atoms with Gasteiger partial charge in [0.25, 0.3) is 0 Å². The first-order valence-electron chi connectivity index (χ1n) is 6.80. The van der Waals surface area contributed by atoms with Gasteiger partial charge in [0.1, 0.15) is 4.88 Å². The van der Waals surface area contributed by atoms with Crippen LogP contribution in [0.4, 0.5) is 5.13 Å². The molecular weight excluding hydrogens is 302 g/mol. The molecule has 0 atom stereocenters. The Balaban J connectivity index is 2.15. The molecule has 0 spiro atoms. The molecule has 1 heterocycles. The quantitative estimate of drug-likeness (QED) is 0.840. The molecule has 0 aliphatic heterocycles. The maximum atomic E-state index is 11.9. The third-order valence-electron chi connectivity index (χ3n) is 3.63. The lowest BCUT2D eigenvalue weighted by Gasteiger charge is -2.08. The topological polar surface area (TPSA) is 108 Å². The number of hydrogen-bond acceptors (Lipinski definition) is 6. The molecule has 0 radical (unpaired) electrons. The van der Waals surface area contributed by atoms with Crippen LogP contribution in [0.25, 0.3) is 11.3 Å². The van der Waals surface area contributed by atoms with Gasteiger partial charge >= 0.3 is 5.97 Å². The summed E-state index contributed by atoms with van der Waals surface area (Å²) in [6.07, 6.45) is 2.24. The van der Waals surface area contributed by atoms with Crippen LogP contribution in [-0.2, 0) is 4.74 Å². The maximum Gasteiger partial charge on any atom is 0.350 e. The van der Waals surface area contributed by atoms with Crippen molar-refractivity contribution in [3.05, 3.63) is 34.2 Å². The zero-order chi connectivity index (χ0) is 15.9. The molecule has 1 saturated carbocycles. The zero-order valence-corrected chi connectivity index (χ0v) is 12.8. The molecule has 0 bridgehead atoms. The number of aromatic nitrogens is 1. The highest BCUT2D eigenvalue weighted by atomic mass is 32.1. The average Bonchev–Trinajstić information content (AvgIpc) is 3.28. The molecule has 114 valence electrons. The van der Waals surface area contributed by atoms with Crippen molar-refractivity contribution < 1.29 is 14.3 Å². The molecule has 6 nitrogen and oxygen atoms in total. The van der Waals surface area contributed by atoms with E-state index in [0.717, 1.165) is 29.7 Å². The highest BCUT2D eigenvalue weighted by molar-refractivity contribution is 7.17. The third kappa shape index (κ3) is 2.55. The van der Waals surface area contributed by atoms with Crippen LogP contribution in [0.15, 0.2) is 18.2 Å². The number of ether oxygens (including phenoxy) is 1. The van der Waals surface area contributed by atoms with Gasteiger partial charge in [-0.05, 0) is 30.4 Å². The average molecular weight is 317 g/mol. The Hall–Kier alpha value is -2.41. The lowest BCUT2D eigenvalue weighted by molar-refractivity contribution is 0.0606. The van der Waals surface area contributed by atoms with Gasteiger partial charge in [0, 0.05) is 11.1 Å². The number of anilines is 1. The fraction of sp³-hybridized carbons (Fsp3) is 0.267. The number of carbonyl (C=O) groups excluding carboxylic acids is 2. The maximum absolute atomic E-state index is 11.9. The van der Waals surface area contributed by atoms with Gasteiger partial charge in [-0.1, -0.05) is 23.5 Å². The predicted molar refractivity (Wildman–Crippen MR) is 83.8 cm³/mol. The fourth-order valence-electron chi connectivity index (χ4n) is 2.39. The zero-order valence-electron chi connectivity index (χ0n) is 12.0. The molecule has 7 heteroatoms. The number of nitrogens with zero attached hydrogens (tertiary/aromatic N) is 1. The standard InChI is InChI=1S/C15H15N3O3S/c1-21-14(20)12-11(18-15(17)22-12)9-5-4-8(7-2-3-7)6-10(9)13(16)19/h4-7H,2-3H2,1H3,(H2,16,19)(H2,17,18). The van der Waals surface area contributed by atoms with Crippen molar-refractivity contribution in [3.63, 3.8) is 0 Å². The van der Waals surface area contributed by atoms with Crippen molar-refractivity contribution in [2.24, 2.45) is 5.73 Å². The summed E-state index contributed by atoms with van der Waals surface area (Å²) < 4.78 is 4.74. The Kier molecular flexibility index (Phi) is 3.58. The molecule has 1 amide bonds. The molecule has 1 aliphatic rings. The van der Waals surface area contributed by atoms with Crippen LogP contribution >= 0.6 is 11.3 Å². The van der Waals surface area contributed by atoms with Crippen LogP contribution in [0.2, 0.25) is 0 Å². The lowest BCUT2D eigenvalue weighted by atomic mass is 9.98. The fourth-order valence-corrected chi connectivity index (χ4v) is 3.16. The number of benzene rings is 1. The van der Waals surface area contributed by atoms with Crippen molar-refractivity contribution in [2.45, 2.75) is 18.8 Å². The first-order chi connectivity index (χ1) is 10.5. The van der Waals surface area contributed by atoms with E-state index < -0.39 is 11.9 Å². The summed E-state index contributed by atoms with van der Waals surface area (Å²) in [5.41, 5.74) is 13.5. The van der Waals surface area contributed by atoms with E-state index in [-0.39, 0.29) is 10.0 Å². The number of methoxy groups -OCH3 is 1. The van der Waals surface area contributed by atoms with E-state index in [2.05, 4.69) is 4.98 Å². The number of rotatable bonds is 4. The van der Waals surface area contributed by atoms with E-state index in [1.165, 1.54) is 7.11 Å². The van der Waals surface area contributed by atoms with Gasteiger partial charge in [0.05, 0.1) is 12.8 Å². The predicted octanol–water partition coefficient (Wildman–Crippen LogP) is 2.16. The number of amides is 1. The number of nitrogen functional groups attached to an aromatic ring is 1. The molecule has 1 aliphatic carbocycles. The van der Waals surface area contributed by atoms with Gasteiger partial charge in [-0.2, -0.15) is 0 Å². The van der Waals surface area contributed by atoms with Gasteiger partial charge in [0.2, 0.25) is 5.91 Å². The molecule has 1 aromatic carbocycles. The monoisotopic (exact) mass is 317 g/mol. The smallest absolute Gasteiger partial charge is 0.350 e. The number of carbonyl (C=O) groups is 2. The Morgan fingerprint density at radius 2 is 2.09 bits per heavy atom. The number of primary amides is 1. The van der Waals surface area contributed by atoms with Gasteiger partial charge in [-0.15, -0.1) is 0 Å². The van der Waals surface area contributed by atoms with Crippen LogP contribution in [0.5, 0.6) is 0 Å². The van der Waals surface area contributed by atoms with Crippen LogP contribution < -0.4 is 11.5 Å². The van der Waals surface area contributed by atoms with Gasteiger partial charge in [-0.3, -0.25) is 4.79 Å². The van der Waals surface area contributed by atoms with E-state index in [1.54, 1.807) is 12.1 Å². The molecule has 4 N–H and O–H groups in total. The second-order valence-corrected chi connectivity index (χ2v) is 6.20. The minimum atomic E-state index is -0.556. The van der Waals surface area contributed by atoms with Crippen LogP contribution in [0, 0.1) is 0 Å². The molecule has 1 aromatic heterocycles.